The molecule has 0 aliphatic rings. The lowest BCUT2D eigenvalue weighted by Crippen LogP contribution is -2.28. The third kappa shape index (κ3) is 2.05. The van der Waals surface area contributed by atoms with E-state index in [0.29, 0.717) is 16.8 Å². The van der Waals surface area contributed by atoms with E-state index in [-0.39, 0.29) is 6.03 Å². The third-order valence-corrected chi connectivity index (χ3v) is 3.32. The second-order valence-corrected chi connectivity index (χ2v) is 4.99. The summed E-state index contributed by atoms with van der Waals surface area (Å²) in [6.07, 6.45) is 0. The van der Waals surface area contributed by atoms with E-state index in [1.54, 1.807) is 25.6 Å². The van der Waals surface area contributed by atoms with Gasteiger partial charge in [-0.3, -0.25) is 4.57 Å². The molecule has 106 valence electrons. The van der Waals surface area contributed by atoms with E-state index in [4.69, 9.17) is 4.74 Å². The molecule has 1 amide bonds. The molecular weight excluding hydrogens is 256 g/mol. The van der Waals surface area contributed by atoms with Crippen LogP contribution in [0.25, 0.3) is 10.9 Å². The normalized spacial score (nSPS) is 10.7. The minimum Gasteiger partial charge on any atom is -0.465 e. The van der Waals surface area contributed by atoms with Gasteiger partial charge >= 0.3 is 12.0 Å². The fraction of sp³-hybridized carbons (Fsp3) is 0.333. The van der Waals surface area contributed by atoms with Gasteiger partial charge in [-0.25, -0.2) is 9.59 Å². The molecule has 0 saturated heterocycles. The van der Waals surface area contributed by atoms with Crippen LogP contribution in [-0.2, 0) is 4.74 Å². The number of aromatic nitrogens is 1. The summed E-state index contributed by atoms with van der Waals surface area (Å²) in [4.78, 5) is 25.8. The van der Waals surface area contributed by atoms with E-state index < -0.39 is 5.97 Å². The van der Waals surface area contributed by atoms with Gasteiger partial charge in [0, 0.05) is 25.2 Å². The number of hydrogen-bond acceptors (Lipinski definition) is 3. The molecular formula is C15H18N2O3. The van der Waals surface area contributed by atoms with Crippen LogP contribution in [0.5, 0.6) is 0 Å². The van der Waals surface area contributed by atoms with Gasteiger partial charge in [-0.1, -0.05) is 11.6 Å². The molecule has 5 nitrogen and oxygen atoms in total. The molecule has 1 aromatic carbocycles. The number of hydrogen-bond donors (Lipinski definition) is 0. The Bertz CT molecular complexity index is 699. The minimum atomic E-state index is -0.427. The number of aryl methyl sites for hydroxylation is 1. The molecule has 0 radical (unpaired) electrons. The zero-order valence-electron chi connectivity index (χ0n) is 12.4. The van der Waals surface area contributed by atoms with Crippen LogP contribution in [0.3, 0.4) is 0 Å². The summed E-state index contributed by atoms with van der Waals surface area (Å²) in [5.41, 5.74) is 2.78. The summed E-state index contributed by atoms with van der Waals surface area (Å²) < 4.78 is 6.38. The van der Waals surface area contributed by atoms with Crippen LogP contribution in [0.4, 0.5) is 4.79 Å². The van der Waals surface area contributed by atoms with Gasteiger partial charge in [0.2, 0.25) is 0 Å². The molecule has 0 fully saturated rings. The van der Waals surface area contributed by atoms with Crippen molar-refractivity contribution in [2.45, 2.75) is 13.8 Å². The van der Waals surface area contributed by atoms with Gasteiger partial charge < -0.3 is 9.64 Å². The van der Waals surface area contributed by atoms with Crippen molar-refractivity contribution in [1.82, 2.24) is 9.47 Å². The van der Waals surface area contributed by atoms with Gasteiger partial charge in [-0.05, 0) is 26.0 Å². The van der Waals surface area contributed by atoms with Gasteiger partial charge in [-0.2, -0.15) is 0 Å². The second-order valence-electron chi connectivity index (χ2n) is 4.99. The Morgan fingerprint density at radius 1 is 1.20 bits per heavy atom. The molecule has 0 spiro atoms. The molecule has 2 rings (SSSR count). The van der Waals surface area contributed by atoms with Crippen LogP contribution in [0.2, 0.25) is 0 Å². The lowest BCUT2D eigenvalue weighted by Gasteiger charge is -2.13. The fourth-order valence-electron chi connectivity index (χ4n) is 2.34. The number of esters is 1. The third-order valence-electron chi connectivity index (χ3n) is 3.32. The maximum absolute atomic E-state index is 12.3. The number of benzene rings is 1. The lowest BCUT2D eigenvalue weighted by atomic mass is 10.1. The molecule has 1 heterocycles. The topological polar surface area (TPSA) is 51.5 Å². The predicted octanol–water partition coefficient (Wildman–Crippen LogP) is 2.57. The number of carbonyl (C=O) groups excluding carboxylic acids is 2. The first-order chi connectivity index (χ1) is 9.38. The zero-order chi connectivity index (χ0) is 15.0. The van der Waals surface area contributed by atoms with Crippen LogP contribution in [-0.4, -0.2) is 42.7 Å². The van der Waals surface area contributed by atoms with Crippen molar-refractivity contribution in [1.29, 1.82) is 0 Å². The SMILES string of the molecule is COC(=O)c1c(C)n(C(=O)N(C)C)c2ccc(C)cc12. The summed E-state index contributed by atoms with van der Waals surface area (Å²) in [7, 11) is 4.70. The first kappa shape index (κ1) is 14.1. The molecule has 5 heteroatoms. The number of carbonyl (C=O) groups is 2. The van der Waals surface area contributed by atoms with Crippen molar-refractivity contribution in [2.24, 2.45) is 0 Å². The highest BCUT2D eigenvalue weighted by Gasteiger charge is 2.24. The minimum absolute atomic E-state index is 0.188. The van der Waals surface area contributed by atoms with Crippen molar-refractivity contribution in [2.75, 3.05) is 21.2 Å². The molecule has 2 aromatic rings. The number of rotatable bonds is 1. The average molecular weight is 274 g/mol. The maximum Gasteiger partial charge on any atom is 0.340 e. The Kier molecular flexibility index (Phi) is 3.53. The largest absolute Gasteiger partial charge is 0.465 e. The number of methoxy groups -OCH3 is 1. The summed E-state index contributed by atoms with van der Waals surface area (Å²) in [5, 5.41) is 0.740. The first-order valence-corrected chi connectivity index (χ1v) is 6.30. The second kappa shape index (κ2) is 5.00. The van der Waals surface area contributed by atoms with Crippen LogP contribution >= 0.6 is 0 Å². The van der Waals surface area contributed by atoms with Crippen LogP contribution in [0.1, 0.15) is 21.6 Å². The van der Waals surface area contributed by atoms with E-state index in [1.807, 2.05) is 25.1 Å². The van der Waals surface area contributed by atoms with Crippen LogP contribution in [0.15, 0.2) is 18.2 Å². The fourth-order valence-corrected chi connectivity index (χ4v) is 2.34. The van der Waals surface area contributed by atoms with E-state index in [1.165, 1.54) is 12.0 Å². The van der Waals surface area contributed by atoms with Gasteiger partial charge in [0.25, 0.3) is 0 Å². The summed E-state index contributed by atoms with van der Waals surface area (Å²) >= 11 is 0. The van der Waals surface area contributed by atoms with E-state index in [0.717, 1.165) is 10.9 Å². The molecule has 0 bridgehead atoms. The van der Waals surface area contributed by atoms with Crippen LogP contribution in [0, 0.1) is 13.8 Å². The quantitative estimate of drug-likeness (QED) is 0.751. The molecule has 0 unspecified atom stereocenters. The molecule has 0 aliphatic carbocycles. The van der Waals surface area contributed by atoms with Crippen LogP contribution < -0.4 is 0 Å². The highest BCUT2D eigenvalue weighted by molar-refractivity contribution is 6.08. The molecule has 0 atom stereocenters. The summed E-state index contributed by atoms with van der Waals surface area (Å²) in [6, 6.07) is 5.48. The summed E-state index contributed by atoms with van der Waals surface area (Å²) in [5.74, 6) is -0.427. The number of nitrogens with zero attached hydrogens (tertiary/aromatic N) is 2. The molecule has 0 N–H and O–H groups in total. The highest BCUT2D eigenvalue weighted by atomic mass is 16.5. The Balaban J connectivity index is 2.86. The monoisotopic (exact) mass is 274 g/mol. The van der Waals surface area contributed by atoms with Gasteiger partial charge in [0.1, 0.15) is 0 Å². The smallest absolute Gasteiger partial charge is 0.340 e. The first-order valence-electron chi connectivity index (χ1n) is 6.30. The van der Waals surface area contributed by atoms with Gasteiger partial charge in [0.05, 0.1) is 18.2 Å². The van der Waals surface area contributed by atoms with E-state index in [9.17, 15) is 9.59 Å². The van der Waals surface area contributed by atoms with Crippen molar-refractivity contribution < 1.29 is 14.3 Å². The lowest BCUT2D eigenvalue weighted by molar-refractivity contribution is 0.0602. The van der Waals surface area contributed by atoms with Crippen molar-refractivity contribution in [3.8, 4) is 0 Å². The Hall–Kier alpha value is -2.30. The zero-order valence-corrected chi connectivity index (χ0v) is 12.4. The number of amides is 1. The highest BCUT2D eigenvalue weighted by Crippen LogP contribution is 2.27. The average Bonchev–Trinajstić information content (AvgIpc) is 2.68. The number of ether oxygens (including phenoxy) is 1. The van der Waals surface area contributed by atoms with Gasteiger partial charge in [0.15, 0.2) is 0 Å². The van der Waals surface area contributed by atoms with E-state index >= 15 is 0 Å². The molecule has 0 aliphatic heterocycles. The molecule has 20 heavy (non-hydrogen) atoms. The Morgan fingerprint density at radius 3 is 2.40 bits per heavy atom. The van der Waals surface area contributed by atoms with Crippen molar-refractivity contribution in [3.63, 3.8) is 0 Å². The summed E-state index contributed by atoms with van der Waals surface area (Å²) in [6.45, 7) is 3.70. The van der Waals surface area contributed by atoms with E-state index in [2.05, 4.69) is 0 Å². The molecule has 0 saturated carbocycles. The predicted molar refractivity (Wildman–Crippen MR) is 77.2 cm³/mol. The van der Waals surface area contributed by atoms with Gasteiger partial charge in [-0.15, -0.1) is 0 Å². The Morgan fingerprint density at radius 2 is 1.85 bits per heavy atom. The number of fused-ring (bicyclic) bond motifs is 1. The van der Waals surface area contributed by atoms with Crippen molar-refractivity contribution in [3.05, 3.63) is 35.0 Å². The maximum atomic E-state index is 12.3. The molecule has 1 aromatic heterocycles. The van der Waals surface area contributed by atoms with Crippen molar-refractivity contribution >= 4 is 22.9 Å². The standard InChI is InChI=1S/C15H18N2O3/c1-9-6-7-12-11(8-9)13(14(18)20-5)10(2)17(12)15(19)16(3)4/h6-8H,1-5H3. The Labute approximate surface area is 117 Å².